The molecule has 0 saturated carbocycles. The zero-order valence-electron chi connectivity index (χ0n) is 12.4. The molecular formula is C16H21NO5. The summed E-state index contributed by atoms with van der Waals surface area (Å²) >= 11 is 0. The lowest BCUT2D eigenvalue weighted by Gasteiger charge is -2.15. The van der Waals surface area contributed by atoms with Gasteiger partial charge in [0.15, 0.2) is 6.04 Å². The zero-order chi connectivity index (χ0) is 15.8. The molecule has 0 spiro atoms. The Morgan fingerprint density at radius 3 is 2.77 bits per heavy atom. The van der Waals surface area contributed by atoms with Gasteiger partial charge in [0.1, 0.15) is 0 Å². The molecular weight excluding hydrogens is 286 g/mol. The molecule has 0 aliphatic carbocycles. The molecule has 2 atom stereocenters. The number of rotatable bonds is 8. The molecule has 1 amide bonds. The Labute approximate surface area is 129 Å². The molecule has 6 heteroatoms. The fourth-order valence-electron chi connectivity index (χ4n) is 2.32. The number of aliphatic carboxylic acids is 1. The number of carboxylic acid groups (broad SMARTS) is 1. The average Bonchev–Trinajstić information content (AvgIpc) is 3.03. The Kier molecular flexibility index (Phi) is 6.36. The van der Waals surface area contributed by atoms with E-state index in [-0.39, 0.29) is 25.0 Å². The second-order valence-electron chi connectivity index (χ2n) is 5.21. The maximum absolute atomic E-state index is 11.8. The van der Waals surface area contributed by atoms with Crippen molar-refractivity contribution >= 4 is 11.9 Å². The van der Waals surface area contributed by atoms with E-state index in [0.717, 1.165) is 19.4 Å². The van der Waals surface area contributed by atoms with Gasteiger partial charge < -0.3 is 19.9 Å². The molecule has 1 saturated heterocycles. The summed E-state index contributed by atoms with van der Waals surface area (Å²) < 4.78 is 10.8. The summed E-state index contributed by atoms with van der Waals surface area (Å²) in [7, 11) is 0. The van der Waals surface area contributed by atoms with Crippen LogP contribution >= 0.6 is 0 Å². The maximum Gasteiger partial charge on any atom is 0.330 e. The van der Waals surface area contributed by atoms with Crippen LogP contribution in [0.3, 0.4) is 0 Å². The van der Waals surface area contributed by atoms with E-state index in [1.165, 1.54) is 0 Å². The highest BCUT2D eigenvalue weighted by Gasteiger charge is 2.21. The molecule has 22 heavy (non-hydrogen) atoms. The molecule has 1 aromatic carbocycles. The van der Waals surface area contributed by atoms with E-state index >= 15 is 0 Å². The van der Waals surface area contributed by atoms with Crippen molar-refractivity contribution in [1.82, 2.24) is 5.32 Å². The van der Waals surface area contributed by atoms with Gasteiger partial charge in [-0.2, -0.15) is 0 Å². The van der Waals surface area contributed by atoms with Crippen molar-refractivity contribution in [3.05, 3.63) is 35.9 Å². The molecule has 2 N–H and O–H groups in total. The van der Waals surface area contributed by atoms with Crippen LogP contribution in [0.4, 0.5) is 0 Å². The first-order valence-corrected chi connectivity index (χ1v) is 7.43. The fourth-order valence-corrected chi connectivity index (χ4v) is 2.32. The summed E-state index contributed by atoms with van der Waals surface area (Å²) in [4.78, 5) is 23.1. The number of amides is 1. The Morgan fingerprint density at radius 1 is 1.36 bits per heavy atom. The lowest BCUT2D eigenvalue weighted by Crippen LogP contribution is -2.34. The van der Waals surface area contributed by atoms with Crippen molar-refractivity contribution in [2.75, 3.05) is 19.8 Å². The van der Waals surface area contributed by atoms with Crippen LogP contribution in [-0.4, -0.2) is 42.9 Å². The summed E-state index contributed by atoms with van der Waals surface area (Å²) in [5.41, 5.74) is 0.545. The van der Waals surface area contributed by atoms with Crippen LogP contribution in [0.2, 0.25) is 0 Å². The molecule has 1 aliphatic rings. The standard InChI is InChI=1S/C16H21NO5/c18-14(8-10-21-11-13-7-4-9-22-13)17-15(16(19)20)12-5-2-1-3-6-12/h1-3,5-6,13,15H,4,7-11H2,(H,17,18)(H,19,20). The summed E-state index contributed by atoms with van der Waals surface area (Å²) in [6.07, 6.45) is 2.29. The lowest BCUT2D eigenvalue weighted by atomic mass is 10.1. The van der Waals surface area contributed by atoms with Gasteiger partial charge in [-0.05, 0) is 18.4 Å². The van der Waals surface area contributed by atoms with E-state index in [1.807, 2.05) is 0 Å². The fraction of sp³-hybridized carbons (Fsp3) is 0.500. The third-order valence-electron chi connectivity index (χ3n) is 3.49. The SMILES string of the molecule is O=C(CCOCC1CCCO1)NC(C(=O)O)c1ccccc1. The lowest BCUT2D eigenvalue weighted by molar-refractivity contribution is -0.142. The van der Waals surface area contributed by atoms with Crippen LogP contribution < -0.4 is 5.32 Å². The van der Waals surface area contributed by atoms with Crippen molar-refractivity contribution in [2.24, 2.45) is 0 Å². The van der Waals surface area contributed by atoms with Gasteiger partial charge in [0.2, 0.25) is 5.91 Å². The van der Waals surface area contributed by atoms with Crippen LogP contribution in [0.1, 0.15) is 30.9 Å². The molecule has 1 aliphatic heterocycles. The quantitative estimate of drug-likeness (QED) is 0.711. The normalized spacial score (nSPS) is 18.8. The van der Waals surface area contributed by atoms with Crippen molar-refractivity contribution in [3.8, 4) is 0 Å². The molecule has 6 nitrogen and oxygen atoms in total. The van der Waals surface area contributed by atoms with E-state index in [1.54, 1.807) is 30.3 Å². The van der Waals surface area contributed by atoms with E-state index in [0.29, 0.717) is 12.2 Å². The number of carboxylic acids is 1. The van der Waals surface area contributed by atoms with Crippen LogP contribution in [-0.2, 0) is 19.1 Å². The predicted molar refractivity (Wildman–Crippen MR) is 79.4 cm³/mol. The predicted octanol–water partition coefficient (Wildman–Crippen LogP) is 1.51. The molecule has 0 aromatic heterocycles. The highest BCUT2D eigenvalue weighted by Crippen LogP contribution is 2.13. The van der Waals surface area contributed by atoms with Crippen LogP contribution in [0.15, 0.2) is 30.3 Å². The van der Waals surface area contributed by atoms with E-state index in [9.17, 15) is 14.7 Å². The van der Waals surface area contributed by atoms with Gasteiger partial charge >= 0.3 is 5.97 Å². The number of benzene rings is 1. The van der Waals surface area contributed by atoms with Crippen LogP contribution in [0, 0.1) is 0 Å². The molecule has 2 rings (SSSR count). The van der Waals surface area contributed by atoms with Crippen molar-refractivity contribution in [3.63, 3.8) is 0 Å². The minimum Gasteiger partial charge on any atom is -0.479 e. The van der Waals surface area contributed by atoms with Crippen molar-refractivity contribution < 1.29 is 24.2 Å². The first-order chi connectivity index (χ1) is 10.7. The summed E-state index contributed by atoms with van der Waals surface area (Å²) in [5.74, 6) is -1.43. The Hall–Kier alpha value is -1.92. The van der Waals surface area contributed by atoms with Gasteiger partial charge in [0, 0.05) is 13.0 Å². The third kappa shape index (κ3) is 5.13. The summed E-state index contributed by atoms with van der Waals surface area (Å²) in [6, 6.07) is 7.58. The minimum atomic E-state index is -1.08. The molecule has 1 fully saturated rings. The first kappa shape index (κ1) is 16.5. The van der Waals surface area contributed by atoms with Crippen LogP contribution in [0.5, 0.6) is 0 Å². The Bertz CT molecular complexity index is 485. The first-order valence-electron chi connectivity index (χ1n) is 7.43. The molecule has 2 unspecified atom stereocenters. The number of hydrogen-bond donors (Lipinski definition) is 2. The maximum atomic E-state index is 11.8. The molecule has 0 radical (unpaired) electrons. The second-order valence-corrected chi connectivity index (χ2v) is 5.21. The van der Waals surface area contributed by atoms with Gasteiger partial charge in [0.05, 0.1) is 19.3 Å². The smallest absolute Gasteiger partial charge is 0.330 e. The van der Waals surface area contributed by atoms with Crippen molar-refractivity contribution in [1.29, 1.82) is 0 Å². The Morgan fingerprint density at radius 2 is 2.14 bits per heavy atom. The second kappa shape index (κ2) is 8.51. The van der Waals surface area contributed by atoms with Gasteiger partial charge in [-0.3, -0.25) is 4.79 Å². The summed E-state index contributed by atoms with van der Waals surface area (Å²) in [6.45, 7) is 1.51. The number of carbonyl (C=O) groups excluding carboxylic acids is 1. The van der Waals surface area contributed by atoms with Crippen molar-refractivity contribution in [2.45, 2.75) is 31.4 Å². The highest BCUT2D eigenvalue weighted by molar-refractivity contribution is 5.84. The minimum absolute atomic E-state index is 0.124. The van der Waals surface area contributed by atoms with E-state index < -0.39 is 12.0 Å². The number of hydrogen-bond acceptors (Lipinski definition) is 4. The largest absolute Gasteiger partial charge is 0.479 e. The Balaban J connectivity index is 1.73. The summed E-state index contributed by atoms with van der Waals surface area (Å²) in [5, 5.41) is 11.7. The average molecular weight is 307 g/mol. The molecule has 1 heterocycles. The zero-order valence-corrected chi connectivity index (χ0v) is 12.4. The van der Waals surface area contributed by atoms with Crippen LogP contribution in [0.25, 0.3) is 0 Å². The molecule has 0 bridgehead atoms. The highest BCUT2D eigenvalue weighted by atomic mass is 16.5. The topological polar surface area (TPSA) is 84.9 Å². The van der Waals surface area contributed by atoms with Gasteiger partial charge in [0.25, 0.3) is 0 Å². The van der Waals surface area contributed by atoms with Gasteiger partial charge in [-0.25, -0.2) is 4.79 Å². The number of nitrogens with one attached hydrogen (secondary N) is 1. The number of ether oxygens (including phenoxy) is 2. The molecule has 120 valence electrons. The monoisotopic (exact) mass is 307 g/mol. The van der Waals surface area contributed by atoms with E-state index in [2.05, 4.69) is 5.32 Å². The van der Waals surface area contributed by atoms with E-state index in [4.69, 9.17) is 9.47 Å². The number of carbonyl (C=O) groups is 2. The molecule has 1 aromatic rings. The van der Waals surface area contributed by atoms with Gasteiger partial charge in [-0.15, -0.1) is 0 Å². The van der Waals surface area contributed by atoms with Gasteiger partial charge in [-0.1, -0.05) is 30.3 Å². The third-order valence-corrected chi connectivity index (χ3v) is 3.49.